The number of phenolic OH excluding ortho intramolecular Hbond substituents is 1. The maximum atomic E-state index is 9.66. The molecule has 1 N–H and O–H groups in total. The molecule has 0 aliphatic heterocycles. The fourth-order valence-electron chi connectivity index (χ4n) is 2.37. The van der Waals surface area contributed by atoms with Gasteiger partial charge in [0, 0.05) is 5.56 Å². The Bertz CT molecular complexity index is 684. The van der Waals surface area contributed by atoms with Crippen LogP contribution in [0.1, 0.15) is 5.56 Å². The topological polar surface area (TPSA) is 20.2 Å². The third-order valence-electron chi connectivity index (χ3n) is 3.34. The van der Waals surface area contributed by atoms with Crippen molar-refractivity contribution in [3.8, 4) is 5.75 Å². The first-order chi connectivity index (χ1) is 10.3. The van der Waals surface area contributed by atoms with Gasteiger partial charge in [-0.05, 0) is 49.4 Å². The highest BCUT2D eigenvalue weighted by molar-refractivity contribution is 7.97. The van der Waals surface area contributed by atoms with E-state index in [0.717, 1.165) is 5.56 Å². The third kappa shape index (κ3) is 2.96. The van der Waals surface area contributed by atoms with Crippen molar-refractivity contribution in [2.24, 2.45) is 0 Å². The van der Waals surface area contributed by atoms with E-state index in [1.54, 1.807) is 6.07 Å². The van der Waals surface area contributed by atoms with E-state index >= 15 is 0 Å². The van der Waals surface area contributed by atoms with Crippen molar-refractivity contribution in [1.29, 1.82) is 0 Å². The summed E-state index contributed by atoms with van der Waals surface area (Å²) < 4.78 is 0. The molecule has 0 radical (unpaired) electrons. The van der Waals surface area contributed by atoms with Crippen molar-refractivity contribution in [2.75, 3.05) is 0 Å². The summed E-state index contributed by atoms with van der Waals surface area (Å²) in [4.78, 5) is 3.83. The second-order valence-electron chi connectivity index (χ2n) is 4.88. The minimum atomic E-state index is -0.146. The lowest BCUT2D eigenvalue weighted by atomic mass is 10.2. The Hall–Kier alpha value is -2.19. The Kier molecular flexibility index (Phi) is 3.98. The molecule has 0 spiro atoms. The molecule has 0 saturated carbocycles. The van der Waals surface area contributed by atoms with Crippen LogP contribution < -0.4 is 0 Å². The van der Waals surface area contributed by atoms with Gasteiger partial charge >= 0.3 is 0 Å². The predicted molar refractivity (Wildman–Crippen MR) is 87.9 cm³/mol. The Morgan fingerprint density at radius 2 is 1.24 bits per heavy atom. The van der Waals surface area contributed by atoms with Gasteiger partial charge in [0.1, 0.15) is 5.75 Å². The summed E-state index contributed by atoms with van der Waals surface area (Å²) in [5.74, 6) is 0.320. The summed E-state index contributed by atoms with van der Waals surface area (Å²) in [5, 5.41) is 9.66. The highest BCUT2D eigenvalue weighted by Gasteiger charge is 2.29. The molecule has 1 nitrogen and oxygen atoms in total. The van der Waals surface area contributed by atoms with Crippen LogP contribution in [0, 0.1) is 6.92 Å². The van der Waals surface area contributed by atoms with E-state index in [1.165, 1.54) is 14.7 Å². The van der Waals surface area contributed by atoms with Gasteiger partial charge < -0.3 is 5.11 Å². The van der Waals surface area contributed by atoms with Crippen LogP contribution in [0.5, 0.6) is 5.75 Å². The second kappa shape index (κ2) is 6.06. The molecule has 21 heavy (non-hydrogen) atoms. The van der Waals surface area contributed by atoms with Gasteiger partial charge in [-0.3, -0.25) is 0 Å². The monoisotopic (exact) mass is 293 g/mol. The molecule has 0 saturated heterocycles. The zero-order valence-electron chi connectivity index (χ0n) is 11.9. The van der Waals surface area contributed by atoms with E-state index in [2.05, 4.69) is 55.5 Å². The maximum absolute atomic E-state index is 9.66. The number of benzene rings is 3. The van der Waals surface area contributed by atoms with E-state index in [1.807, 2.05) is 24.3 Å². The zero-order chi connectivity index (χ0) is 14.7. The fourth-order valence-corrected chi connectivity index (χ4v) is 4.59. The number of aromatic hydroxyl groups is 1. The Morgan fingerprint density at radius 1 is 0.714 bits per heavy atom. The molecule has 0 bridgehead atoms. The molecule has 0 heterocycles. The molecule has 2 heteroatoms. The van der Waals surface area contributed by atoms with Crippen LogP contribution >= 0.6 is 0 Å². The van der Waals surface area contributed by atoms with Crippen LogP contribution in [0.15, 0.2) is 93.5 Å². The van der Waals surface area contributed by atoms with Gasteiger partial charge in [0.25, 0.3) is 0 Å². The average Bonchev–Trinajstić information content (AvgIpc) is 2.52. The number of hydrogen-bond acceptors (Lipinski definition) is 1. The Balaban J connectivity index is 2.17. The van der Waals surface area contributed by atoms with Crippen molar-refractivity contribution >= 4 is 10.9 Å². The zero-order valence-corrected chi connectivity index (χ0v) is 12.7. The molecule has 3 aromatic rings. The van der Waals surface area contributed by atoms with E-state index in [4.69, 9.17) is 0 Å². The second-order valence-corrected chi connectivity index (χ2v) is 6.88. The summed E-state index contributed by atoms with van der Waals surface area (Å²) in [6.07, 6.45) is 0. The average molecular weight is 293 g/mol. The summed E-state index contributed by atoms with van der Waals surface area (Å²) in [6.45, 7) is 2.06. The van der Waals surface area contributed by atoms with Crippen LogP contribution in [-0.2, 0) is 10.9 Å². The van der Waals surface area contributed by atoms with E-state index in [9.17, 15) is 5.11 Å². The van der Waals surface area contributed by atoms with Gasteiger partial charge in [0.2, 0.25) is 0 Å². The van der Waals surface area contributed by atoms with Crippen molar-refractivity contribution < 1.29 is 5.11 Å². The smallest absolute Gasteiger partial charge is 0.169 e. The Morgan fingerprint density at radius 3 is 1.71 bits per heavy atom. The fraction of sp³-hybridized carbons (Fsp3) is 0.0526. The minimum Gasteiger partial charge on any atom is -0.508 e. The van der Waals surface area contributed by atoms with Crippen LogP contribution in [0.4, 0.5) is 0 Å². The lowest BCUT2D eigenvalue weighted by Gasteiger charge is -2.10. The van der Waals surface area contributed by atoms with Crippen molar-refractivity contribution in [2.45, 2.75) is 21.6 Å². The number of rotatable bonds is 3. The maximum Gasteiger partial charge on any atom is 0.169 e. The molecule has 0 atom stereocenters. The van der Waals surface area contributed by atoms with Gasteiger partial charge in [-0.1, -0.05) is 36.4 Å². The van der Waals surface area contributed by atoms with Crippen LogP contribution in [-0.4, -0.2) is 5.11 Å². The molecular weight excluding hydrogens is 276 g/mol. The highest BCUT2D eigenvalue weighted by Crippen LogP contribution is 2.33. The van der Waals surface area contributed by atoms with Crippen molar-refractivity contribution in [1.82, 2.24) is 0 Å². The van der Waals surface area contributed by atoms with Gasteiger partial charge in [-0.2, -0.15) is 0 Å². The molecule has 104 valence electrons. The van der Waals surface area contributed by atoms with Gasteiger partial charge in [0.15, 0.2) is 14.7 Å². The van der Waals surface area contributed by atoms with E-state index in [0.29, 0.717) is 5.75 Å². The minimum absolute atomic E-state index is 0.146. The molecule has 0 amide bonds. The molecule has 0 aromatic heterocycles. The first-order valence-electron chi connectivity index (χ1n) is 6.90. The highest BCUT2D eigenvalue weighted by atomic mass is 32.2. The molecule has 3 rings (SSSR count). The standard InChI is InChI=1S/C19H16OS/c1-15-14-16(20)12-13-19(15)21(17-8-4-2-5-9-17)18-10-6-3-7-11-18/h2-14H,1H3/p+1. The first-order valence-corrected chi connectivity index (χ1v) is 8.12. The van der Waals surface area contributed by atoms with Crippen LogP contribution in [0.25, 0.3) is 0 Å². The SMILES string of the molecule is Cc1cc(O)ccc1[S+](c1ccccc1)c1ccccc1. The van der Waals surface area contributed by atoms with Crippen molar-refractivity contribution in [3.63, 3.8) is 0 Å². The molecule has 3 aromatic carbocycles. The summed E-state index contributed by atoms with van der Waals surface area (Å²) >= 11 is 0. The largest absolute Gasteiger partial charge is 0.508 e. The summed E-state index contributed by atoms with van der Waals surface area (Å²) in [5.41, 5.74) is 1.12. The lowest BCUT2D eigenvalue weighted by Crippen LogP contribution is -2.06. The molecular formula is C19H17OS+. The van der Waals surface area contributed by atoms with Gasteiger partial charge in [-0.15, -0.1) is 0 Å². The van der Waals surface area contributed by atoms with Gasteiger partial charge in [-0.25, -0.2) is 0 Å². The quantitative estimate of drug-likeness (QED) is 0.688. The number of hydrogen-bond donors (Lipinski definition) is 1. The number of aryl methyl sites for hydroxylation is 1. The van der Waals surface area contributed by atoms with Crippen LogP contribution in [0.3, 0.4) is 0 Å². The molecule has 0 aliphatic carbocycles. The van der Waals surface area contributed by atoms with Crippen LogP contribution in [0.2, 0.25) is 0 Å². The predicted octanol–water partition coefficient (Wildman–Crippen LogP) is 4.80. The third-order valence-corrected chi connectivity index (χ3v) is 5.72. The molecule has 0 fully saturated rings. The first kappa shape index (κ1) is 13.8. The lowest BCUT2D eigenvalue weighted by molar-refractivity contribution is 0.474. The van der Waals surface area contributed by atoms with E-state index in [-0.39, 0.29) is 10.9 Å². The normalized spacial score (nSPS) is 10.8. The van der Waals surface area contributed by atoms with E-state index < -0.39 is 0 Å². The summed E-state index contributed by atoms with van der Waals surface area (Å²) in [6, 6.07) is 26.7. The number of phenols is 1. The van der Waals surface area contributed by atoms with Gasteiger partial charge in [0.05, 0.1) is 10.9 Å². The molecule has 0 aliphatic rings. The Labute approximate surface area is 128 Å². The molecule has 0 unspecified atom stereocenters. The van der Waals surface area contributed by atoms with Crippen molar-refractivity contribution in [3.05, 3.63) is 84.4 Å². The summed E-state index contributed by atoms with van der Waals surface area (Å²) in [7, 11) is -0.146.